The van der Waals surface area contributed by atoms with Crippen molar-refractivity contribution in [2.24, 2.45) is 4.99 Å². The van der Waals surface area contributed by atoms with E-state index in [9.17, 15) is 0 Å². The molecule has 1 aromatic carbocycles. The maximum absolute atomic E-state index is 4.78. The van der Waals surface area contributed by atoms with Crippen molar-refractivity contribution in [3.63, 3.8) is 0 Å². The summed E-state index contributed by atoms with van der Waals surface area (Å²) in [5, 5.41) is 0. The van der Waals surface area contributed by atoms with Crippen LogP contribution in [0.2, 0.25) is 0 Å². The number of para-hydroxylation sites is 1. The van der Waals surface area contributed by atoms with Crippen molar-refractivity contribution in [2.45, 2.75) is 46.0 Å². The summed E-state index contributed by atoms with van der Waals surface area (Å²) in [4.78, 5) is 9.11. The van der Waals surface area contributed by atoms with Crippen molar-refractivity contribution in [2.75, 3.05) is 0 Å². The number of aromatic nitrogens is 1. The number of hydrogen-bond donors (Lipinski definition) is 0. The van der Waals surface area contributed by atoms with Crippen LogP contribution < -0.4 is 0 Å². The summed E-state index contributed by atoms with van der Waals surface area (Å²) in [7, 11) is 0. The molecule has 0 saturated carbocycles. The van der Waals surface area contributed by atoms with Crippen molar-refractivity contribution in [1.82, 2.24) is 4.98 Å². The second kappa shape index (κ2) is 8.85. The predicted octanol–water partition coefficient (Wildman–Crippen LogP) is 5.27. The van der Waals surface area contributed by atoms with E-state index in [-0.39, 0.29) is 16.5 Å². The fourth-order valence-corrected chi connectivity index (χ4v) is 2.41. The van der Waals surface area contributed by atoms with Gasteiger partial charge in [-0.15, -0.1) is 0 Å². The van der Waals surface area contributed by atoms with Gasteiger partial charge in [0.1, 0.15) is 0 Å². The van der Waals surface area contributed by atoms with Crippen LogP contribution in [0.3, 0.4) is 0 Å². The van der Waals surface area contributed by atoms with Crippen LogP contribution in [-0.4, -0.2) is 11.2 Å². The van der Waals surface area contributed by atoms with E-state index in [1.165, 1.54) is 11.1 Å². The van der Waals surface area contributed by atoms with Crippen LogP contribution >= 0.6 is 0 Å². The van der Waals surface area contributed by atoms with Crippen molar-refractivity contribution in [3.8, 4) is 0 Å². The maximum Gasteiger partial charge on any atom is 0.0694 e. The summed E-state index contributed by atoms with van der Waals surface area (Å²) < 4.78 is 0. The molecule has 0 radical (unpaired) electrons. The number of nitrogens with zero attached hydrogens (tertiary/aromatic N) is 2. The topological polar surface area (TPSA) is 25.2 Å². The zero-order chi connectivity index (χ0) is 15.2. The van der Waals surface area contributed by atoms with Crippen LogP contribution in [0.4, 0.5) is 5.69 Å². The third-order valence-electron chi connectivity index (χ3n) is 3.59. The van der Waals surface area contributed by atoms with Gasteiger partial charge in [-0.25, -0.2) is 0 Å². The Morgan fingerprint density at radius 3 is 2.09 bits per heavy atom. The molecule has 2 rings (SSSR count). The van der Waals surface area contributed by atoms with Gasteiger partial charge in [0.25, 0.3) is 0 Å². The standard InChI is InChI=1S/C19H24N2.Ni/c1-14(2)17-9-7-10-18(15(3)4)19(17)21-13-11-16-8-5-6-12-20-16;/h5-10,12-15H,11H2,1-4H3;. The molecular weight excluding hydrogens is 315 g/mol. The maximum atomic E-state index is 4.78. The Bertz CT molecular complexity index is 578. The molecule has 0 unspecified atom stereocenters. The molecule has 0 aliphatic heterocycles. The molecule has 0 spiro atoms. The van der Waals surface area contributed by atoms with Gasteiger partial charge < -0.3 is 0 Å². The van der Waals surface area contributed by atoms with Gasteiger partial charge in [-0.2, -0.15) is 0 Å². The quantitative estimate of drug-likeness (QED) is 0.538. The molecule has 0 atom stereocenters. The van der Waals surface area contributed by atoms with Crippen molar-refractivity contribution in [3.05, 3.63) is 59.4 Å². The Morgan fingerprint density at radius 2 is 1.59 bits per heavy atom. The zero-order valence-electron chi connectivity index (χ0n) is 13.7. The fourth-order valence-electron chi connectivity index (χ4n) is 2.41. The Hall–Kier alpha value is -1.47. The minimum atomic E-state index is 0. The summed E-state index contributed by atoms with van der Waals surface area (Å²) in [5.41, 5.74) is 4.82. The van der Waals surface area contributed by atoms with Gasteiger partial charge in [-0.1, -0.05) is 52.0 Å². The molecule has 0 bridgehead atoms. The van der Waals surface area contributed by atoms with Crippen molar-refractivity contribution < 1.29 is 16.5 Å². The van der Waals surface area contributed by atoms with Gasteiger partial charge >= 0.3 is 0 Å². The Kier molecular flexibility index (Phi) is 7.48. The average Bonchev–Trinajstić information content (AvgIpc) is 2.48. The SMILES string of the molecule is CC(C)c1cccc(C(C)C)c1N=CCc1ccccn1.[Ni]. The molecule has 120 valence electrons. The largest absolute Gasteiger partial charge is 0.261 e. The van der Waals surface area contributed by atoms with Gasteiger partial charge in [0.15, 0.2) is 0 Å². The fraction of sp³-hybridized carbons (Fsp3) is 0.368. The molecule has 0 saturated heterocycles. The number of rotatable bonds is 5. The van der Waals surface area contributed by atoms with Gasteiger partial charge in [-0.3, -0.25) is 9.98 Å². The molecule has 2 aromatic rings. The molecule has 0 fully saturated rings. The molecule has 3 heteroatoms. The van der Waals surface area contributed by atoms with E-state index in [0.29, 0.717) is 11.8 Å². The number of hydrogen-bond acceptors (Lipinski definition) is 2. The summed E-state index contributed by atoms with van der Waals surface area (Å²) in [5.74, 6) is 0.955. The molecule has 0 amide bonds. The van der Waals surface area contributed by atoms with Crippen LogP contribution in [0.15, 0.2) is 47.6 Å². The van der Waals surface area contributed by atoms with Crippen molar-refractivity contribution in [1.29, 1.82) is 0 Å². The zero-order valence-corrected chi connectivity index (χ0v) is 14.7. The second-order valence-corrected chi connectivity index (χ2v) is 5.93. The van der Waals surface area contributed by atoms with Crippen LogP contribution in [-0.2, 0) is 22.9 Å². The van der Waals surface area contributed by atoms with Gasteiger partial charge in [-0.05, 0) is 35.1 Å². The third kappa shape index (κ3) is 4.78. The number of aliphatic imine (C=N–C) groups is 1. The van der Waals surface area contributed by atoms with Crippen LogP contribution in [0.25, 0.3) is 0 Å². The molecule has 0 aliphatic rings. The van der Waals surface area contributed by atoms with E-state index < -0.39 is 0 Å². The molecule has 1 heterocycles. The van der Waals surface area contributed by atoms with Gasteiger partial charge in [0.2, 0.25) is 0 Å². The molecule has 2 nitrogen and oxygen atoms in total. The number of pyridine rings is 1. The number of benzene rings is 1. The Balaban J connectivity index is 0.00000242. The average molecular weight is 339 g/mol. The Morgan fingerprint density at radius 1 is 0.955 bits per heavy atom. The first-order chi connectivity index (χ1) is 10.1. The second-order valence-electron chi connectivity index (χ2n) is 5.93. The van der Waals surface area contributed by atoms with Crippen molar-refractivity contribution >= 4 is 11.9 Å². The smallest absolute Gasteiger partial charge is 0.0694 e. The Labute approximate surface area is 144 Å². The van der Waals surface area contributed by atoms with Gasteiger partial charge in [0.05, 0.1) is 5.69 Å². The summed E-state index contributed by atoms with van der Waals surface area (Å²) in [6.45, 7) is 8.88. The van der Waals surface area contributed by atoms with E-state index in [1.807, 2.05) is 30.6 Å². The summed E-state index contributed by atoms with van der Waals surface area (Å²) in [6.07, 6.45) is 4.57. The van der Waals surface area contributed by atoms with E-state index in [4.69, 9.17) is 4.99 Å². The molecule has 0 N–H and O–H groups in total. The van der Waals surface area contributed by atoms with E-state index in [2.05, 4.69) is 50.9 Å². The molecule has 22 heavy (non-hydrogen) atoms. The summed E-state index contributed by atoms with van der Waals surface area (Å²) in [6, 6.07) is 12.5. The van der Waals surface area contributed by atoms with E-state index in [0.717, 1.165) is 17.8 Å². The van der Waals surface area contributed by atoms with Crippen LogP contribution in [0.5, 0.6) is 0 Å². The minimum Gasteiger partial charge on any atom is -0.261 e. The van der Waals surface area contributed by atoms with Crippen LogP contribution in [0.1, 0.15) is 56.4 Å². The first kappa shape index (κ1) is 18.6. The molecule has 1 aromatic heterocycles. The van der Waals surface area contributed by atoms with Gasteiger partial charge in [0, 0.05) is 41.0 Å². The van der Waals surface area contributed by atoms with Crippen LogP contribution in [0, 0.1) is 0 Å². The normalized spacial score (nSPS) is 11.2. The van der Waals surface area contributed by atoms with E-state index in [1.54, 1.807) is 0 Å². The molecule has 0 aliphatic carbocycles. The first-order valence-corrected chi connectivity index (χ1v) is 7.64. The monoisotopic (exact) mass is 338 g/mol. The summed E-state index contributed by atoms with van der Waals surface area (Å²) >= 11 is 0. The first-order valence-electron chi connectivity index (χ1n) is 7.64. The third-order valence-corrected chi connectivity index (χ3v) is 3.59. The molecular formula is C19H24N2Ni. The minimum absolute atomic E-state index is 0. The van der Waals surface area contributed by atoms with E-state index >= 15 is 0 Å². The predicted molar refractivity (Wildman–Crippen MR) is 90.7 cm³/mol.